The van der Waals surface area contributed by atoms with Gasteiger partial charge in [0.05, 0.1) is 11.1 Å². The molecule has 1 aromatic heterocycles. The third-order valence-corrected chi connectivity index (χ3v) is 5.36. The molecule has 35 heavy (non-hydrogen) atoms. The Morgan fingerprint density at radius 1 is 1.00 bits per heavy atom. The van der Waals surface area contributed by atoms with Crippen molar-refractivity contribution >= 4 is 46.0 Å². The van der Waals surface area contributed by atoms with E-state index in [4.69, 9.17) is 10.8 Å². The van der Waals surface area contributed by atoms with Crippen molar-refractivity contribution in [1.29, 1.82) is 0 Å². The van der Waals surface area contributed by atoms with Gasteiger partial charge < -0.3 is 21.5 Å². The Bertz CT molecular complexity index is 1440. The number of hydrogen-bond acceptors (Lipinski definition) is 6. The molecule has 0 fully saturated rings. The maximum Gasteiger partial charge on any atom is 0.411 e. The van der Waals surface area contributed by atoms with E-state index in [1.165, 1.54) is 19.4 Å². The topological polar surface area (TPSA) is 151 Å². The molecule has 0 unspecified atom stereocenters. The summed E-state index contributed by atoms with van der Waals surface area (Å²) in [7, 11) is 1.41. The van der Waals surface area contributed by atoms with Crippen molar-refractivity contribution in [2.45, 2.75) is 6.54 Å². The van der Waals surface area contributed by atoms with Crippen molar-refractivity contribution in [3.8, 4) is 0 Å². The van der Waals surface area contributed by atoms with Gasteiger partial charge in [0, 0.05) is 35.9 Å². The molecule has 176 valence electrons. The van der Waals surface area contributed by atoms with Crippen LogP contribution in [0.2, 0.25) is 0 Å². The lowest BCUT2D eigenvalue weighted by atomic mass is 10.1. The van der Waals surface area contributed by atoms with E-state index in [9.17, 15) is 14.4 Å². The summed E-state index contributed by atoms with van der Waals surface area (Å²) in [4.78, 5) is 45.1. The van der Waals surface area contributed by atoms with Gasteiger partial charge in [-0.25, -0.2) is 14.8 Å². The third kappa shape index (κ3) is 5.17. The molecule has 3 aromatic carbocycles. The first-order chi connectivity index (χ1) is 16.8. The molecule has 0 saturated carbocycles. The highest BCUT2D eigenvalue weighted by molar-refractivity contribution is 6.07. The van der Waals surface area contributed by atoms with Crippen molar-refractivity contribution in [3.63, 3.8) is 0 Å². The number of carbonyl (C=O) groups excluding carboxylic acids is 2. The zero-order chi connectivity index (χ0) is 24.9. The zero-order valence-corrected chi connectivity index (χ0v) is 18.7. The Labute approximate surface area is 200 Å². The summed E-state index contributed by atoms with van der Waals surface area (Å²) in [5, 5.41) is 15.9. The molecule has 0 aliphatic carbocycles. The molecule has 0 aliphatic rings. The summed E-state index contributed by atoms with van der Waals surface area (Å²) in [5.41, 5.74) is 8.40. The van der Waals surface area contributed by atoms with Gasteiger partial charge in [0.1, 0.15) is 12.1 Å². The molecular formula is C25H22N6O4. The second kappa shape index (κ2) is 9.87. The molecule has 0 radical (unpaired) electrons. The predicted molar refractivity (Wildman–Crippen MR) is 133 cm³/mol. The summed E-state index contributed by atoms with van der Waals surface area (Å²) < 4.78 is 0. The van der Waals surface area contributed by atoms with Gasteiger partial charge in [-0.3, -0.25) is 14.5 Å². The minimum atomic E-state index is -1.12. The number of amides is 3. The number of nitrogens with two attached hydrogens (primary N) is 1. The Morgan fingerprint density at radius 3 is 2.54 bits per heavy atom. The molecule has 0 saturated heterocycles. The maximum absolute atomic E-state index is 12.7. The van der Waals surface area contributed by atoms with Crippen LogP contribution < -0.4 is 21.3 Å². The molecule has 10 heteroatoms. The second-order valence-corrected chi connectivity index (χ2v) is 7.69. The number of para-hydroxylation sites is 1. The second-order valence-electron chi connectivity index (χ2n) is 7.69. The Hall–Kier alpha value is -4.99. The first-order valence-electron chi connectivity index (χ1n) is 10.6. The van der Waals surface area contributed by atoms with Gasteiger partial charge in [-0.15, -0.1) is 0 Å². The van der Waals surface area contributed by atoms with E-state index < -0.39 is 12.0 Å². The summed E-state index contributed by atoms with van der Waals surface area (Å²) in [6.07, 6.45) is 0.244. The van der Waals surface area contributed by atoms with E-state index >= 15 is 0 Å². The van der Waals surface area contributed by atoms with Crippen LogP contribution in [0.4, 0.5) is 22.0 Å². The SMILES string of the molecule is CN(C(=O)O)c1cccc(C(=O)Nc2cccc(CNc3ncnc4c(C(N)=O)cccc34)c2)c1. The van der Waals surface area contributed by atoms with E-state index in [0.717, 1.165) is 10.5 Å². The van der Waals surface area contributed by atoms with Gasteiger partial charge in [-0.1, -0.05) is 24.3 Å². The lowest BCUT2D eigenvalue weighted by Gasteiger charge is -2.14. The van der Waals surface area contributed by atoms with Gasteiger partial charge in [0.15, 0.2) is 0 Å². The number of carboxylic acid groups (broad SMARTS) is 1. The van der Waals surface area contributed by atoms with Crippen molar-refractivity contribution < 1.29 is 19.5 Å². The highest BCUT2D eigenvalue weighted by atomic mass is 16.4. The Balaban J connectivity index is 1.48. The van der Waals surface area contributed by atoms with Gasteiger partial charge in [-0.05, 0) is 48.0 Å². The van der Waals surface area contributed by atoms with Gasteiger partial charge in [0.25, 0.3) is 11.8 Å². The first-order valence-corrected chi connectivity index (χ1v) is 10.6. The number of primary amides is 1. The number of anilines is 3. The zero-order valence-electron chi connectivity index (χ0n) is 18.7. The number of nitrogens with one attached hydrogen (secondary N) is 2. The molecule has 0 spiro atoms. The van der Waals surface area contributed by atoms with Crippen LogP contribution in [0.5, 0.6) is 0 Å². The van der Waals surface area contributed by atoms with E-state index in [-0.39, 0.29) is 5.91 Å². The van der Waals surface area contributed by atoms with Crippen LogP contribution in [-0.4, -0.2) is 40.0 Å². The monoisotopic (exact) mass is 470 g/mol. The number of rotatable bonds is 7. The van der Waals surface area contributed by atoms with Crippen LogP contribution in [0.15, 0.2) is 73.1 Å². The molecule has 0 bridgehead atoms. The van der Waals surface area contributed by atoms with Crippen LogP contribution in [0.25, 0.3) is 10.9 Å². The molecule has 0 atom stereocenters. The minimum absolute atomic E-state index is 0.316. The van der Waals surface area contributed by atoms with E-state index in [1.54, 1.807) is 42.5 Å². The van der Waals surface area contributed by atoms with E-state index in [1.807, 2.05) is 18.2 Å². The molecule has 5 N–H and O–H groups in total. The fourth-order valence-electron chi connectivity index (χ4n) is 3.54. The molecular weight excluding hydrogens is 448 g/mol. The maximum atomic E-state index is 12.7. The van der Waals surface area contributed by atoms with Gasteiger partial charge in [0.2, 0.25) is 0 Å². The number of fused-ring (bicyclic) bond motifs is 1. The first kappa shape index (κ1) is 23.2. The molecule has 4 rings (SSSR count). The standard InChI is InChI=1S/C25H22N6O4/c1-31(25(34)35)18-8-3-6-16(12-18)24(33)30-17-7-2-5-15(11-17)13-27-23-20-10-4-9-19(22(26)32)21(20)28-14-29-23/h2-12,14H,13H2,1H3,(H2,26,32)(H,30,33)(H,34,35)(H,27,28,29). The Kier molecular flexibility index (Phi) is 6.54. The average molecular weight is 470 g/mol. The number of hydrogen-bond donors (Lipinski definition) is 4. The van der Waals surface area contributed by atoms with Crippen LogP contribution >= 0.6 is 0 Å². The van der Waals surface area contributed by atoms with Gasteiger partial charge in [-0.2, -0.15) is 0 Å². The van der Waals surface area contributed by atoms with E-state index in [2.05, 4.69) is 20.6 Å². The average Bonchev–Trinajstić information content (AvgIpc) is 2.86. The number of benzene rings is 3. The summed E-state index contributed by atoms with van der Waals surface area (Å²) in [5.74, 6) is -0.382. The lowest BCUT2D eigenvalue weighted by Crippen LogP contribution is -2.24. The summed E-state index contributed by atoms with van der Waals surface area (Å²) in [6.45, 7) is 0.398. The molecule has 10 nitrogen and oxygen atoms in total. The highest BCUT2D eigenvalue weighted by Crippen LogP contribution is 2.23. The largest absolute Gasteiger partial charge is 0.465 e. The van der Waals surface area contributed by atoms with E-state index in [0.29, 0.717) is 45.8 Å². The number of nitrogens with zero attached hydrogens (tertiary/aromatic N) is 3. The van der Waals surface area contributed by atoms with Crippen molar-refractivity contribution in [1.82, 2.24) is 9.97 Å². The van der Waals surface area contributed by atoms with Crippen LogP contribution in [0.3, 0.4) is 0 Å². The van der Waals surface area contributed by atoms with Crippen LogP contribution in [0, 0.1) is 0 Å². The minimum Gasteiger partial charge on any atom is -0.465 e. The lowest BCUT2D eigenvalue weighted by molar-refractivity contribution is 0.0998. The number of aromatic nitrogens is 2. The quantitative estimate of drug-likeness (QED) is 0.321. The Morgan fingerprint density at radius 2 is 1.77 bits per heavy atom. The molecule has 4 aromatic rings. The summed E-state index contributed by atoms with van der Waals surface area (Å²) >= 11 is 0. The molecule has 1 heterocycles. The molecule has 0 aliphatic heterocycles. The van der Waals surface area contributed by atoms with Crippen molar-refractivity contribution in [2.75, 3.05) is 22.6 Å². The fourth-order valence-corrected chi connectivity index (χ4v) is 3.54. The van der Waals surface area contributed by atoms with Gasteiger partial charge >= 0.3 is 6.09 Å². The van der Waals surface area contributed by atoms with Crippen LogP contribution in [-0.2, 0) is 6.54 Å². The van der Waals surface area contributed by atoms with Crippen molar-refractivity contribution in [2.24, 2.45) is 5.73 Å². The highest BCUT2D eigenvalue weighted by Gasteiger charge is 2.13. The molecule has 3 amide bonds. The normalized spacial score (nSPS) is 10.5. The predicted octanol–water partition coefficient (Wildman–Crippen LogP) is 3.71. The van der Waals surface area contributed by atoms with Crippen LogP contribution in [0.1, 0.15) is 26.3 Å². The smallest absolute Gasteiger partial charge is 0.411 e. The third-order valence-electron chi connectivity index (χ3n) is 5.36. The number of carbonyl (C=O) groups is 3. The van der Waals surface area contributed by atoms with Crippen molar-refractivity contribution in [3.05, 3.63) is 89.7 Å². The fraction of sp³-hybridized carbons (Fsp3) is 0.0800. The summed E-state index contributed by atoms with van der Waals surface area (Å²) in [6, 6.07) is 18.8.